The molecule has 4 heteroatoms. The molecule has 0 spiro atoms. The molecule has 0 bridgehead atoms. The first-order valence-corrected chi connectivity index (χ1v) is 7.69. The zero-order valence-corrected chi connectivity index (χ0v) is 13.3. The molecule has 1 saturated carbocycles. The summed E-state index contributed by atoms with van der Waals surface area (Å²) in [4.78, 5) is 2.36. The van der Waals surface area contributed by atoms with E-state index in [0.29, 0.717) is 6.04 Å². The molecule has 1 aliphatic rings. The molecule has 3 nitrogen and oxygen atoms in total. The van der Waals surface area contributed by atoms with E-state index in [1.54, 1.807) is 0 Å². The fourth-order valence-corrected chi connectivity index (χ4v) is 3.47. The Hall–Kier alpha value is -0.580. The molecule has 1 fully saturated rings. The van der Waals surface area contributed by atoms with E-state index in [2.05, 4.69) is 40.0 Å². The molecule has 0 amide bonds. The largest absolute Gasteiger partial charge is 0.398 e. The normalized spacial score (nSPS) is 23.8. The summed E-state index contributed by atoms with van der Waals surface area (Å²) < 4.78 is 1.08. The average molecular weight is 327 g/mol. The van der Waals surface area contributed by atoms with Crippen molar-refractivity contribution in [2.24, 2.45) is 0 Å². The molecule has 0 aromatic heterocycles. The number of anilines is 1. The predicted octanol–water partition coefficient (Wildman–Crippen LogP) is 3.08. The zero-order valence-electron chi connectivity index (χ0n) is 11.7. The molecule has 3 N–H and O–H groups in total. The molecule has 1 aliphatic carbocycles. The summed E-state index contributed by atoms with van der Waals surface area (Å²) in [5.74, 6) is 0. The highest BCUT2D eigenvalue weighted by molar-refractivity contribution is 9.10. The molecular formula is C15H23BrN2O. The van der Waals surface area contributed by atoms with Crippen LogP contribution in [0.2, 0.25) is 0 Å². The molecular weight excluding hydrogens is 304 g/mol. The van der Waals surface area contributed by atoms with Crippen LogP contribution < -0.4 is 5.73 Å². The molecule has 0 unspecified atom stereocenters. The molecule has 0 saturated heterocycles. The Morgan fingerprint density at radius 2 is 1.95 bits per heavy atom. The number of halogens is 1. The smallest absolute Gasteiger partial charge is 0.0541 e. The van der Waals surface area contributed by atoms with Crippen LogP contribution >= 0.6 is 15.9 Å². The van der Waals surface area contributed by atoms with E-state index < -0.39 is 0 Å². The van der Waals surface area contributed by atoms with Crippen molar-refractivity contribution < 1.29 is 5.11 Å². The van der Waals surface area contributed by atoms with E-state index in [0.717, 1.165) is 48.0 Å². The van der Waals surface area contributed by atoms with E-state index in [4.69, 9.17) is 5.73 Å². The Bertz CT molecular complexity index is 442. The van der Waals surface area contributed by atoms with Crippen molar-refractivity contribution in [3.05, 3.63) is 27.7 Å². The number of hydrogen-bond acceptors (Lipinski definition) is 3. The highest BCUT2D eigenvalue weighted by Gasteiger charge is 2.23. The predicted molar refractivity (Wildman–Crippen MR) is 83.0 cm³/mol. The minimum Gasteiger partial charge on any atom is -0.398 e. The Kier molecular flexibility index (Phi) is 4.87. The van der Waals surface area contributed by atoms with Gasteiger partial charge in [0.05, 0.1) is 6.10 Å². The quantitative estimate of drug-likeness (QED) is 0.839. The zero-order chi connectivity index (χ0) is 14.0. The van der Waals surface area contributed by atoms with Crippen LogP contribution in [0.1, 0.15) is 36.8 Å². The van der Waals surface area contributed by atoms with Gasteiger partial charge in [0, 0.05) is 22.7 Å². The summed E-state index contributed by atoms with van der Waals surface area (Å²) >= 11 is 3.53. The lowest BCUT2D eigenvalue weighted by Gasteiger charge is -2.33. The van der Waals surface area contributed by atoms with E-state index in [1.165, 1.54) is 5.56 Å². The van der Waals surface area contributed by atoms with Crippen LogP contribution in [0.3, 0.4) is 0 Å². The van der Waals surface area contributed by atoms with Gasteiger partial charge in [-0.15, -0.1) is 0 Å². The Balaban J connectivity index is 2.04. The van der Waals surface area contributed by atoms with Crippen molar-refractivity contribution in [1.29, 1.82) is 0 Å². The molecule has 2 rings (SSSR count). The summed E-state index contributed by atoms with van der Waals surface area (Å²) in [7, 11) is 2.15. The number of aliphatic hydroxyl groups is 1. The molecule has 1 aromatic rings. The van der Waals surface area contributed by atoms with Crippen LogP contribution in [0.25, 0.3) is 0 Å². The molecule has 0 radical (unpaired) electrons. The van der Waals surface area contributed by atoms with E-state index >= 15 is 0 Å². The molecule has 0 atom stereocenters. The molecule has 0 aliphatic heterocycles. The average Bonchev–Trinajstić information content (AvgIpc) is 2.36. The summed E-state index contributed by atoms with van der Waals surface area (Å²) in [6, 6.07) is 4.72. The maximum atomic E-state index is 9.57. The number of hydrogen-bond donors (Lipinski definition) is 2. The SMILES string of the molecule is Cc1cc(Br)cc(CN(C)[C@H]2CC[C@H](O)CC2)c1N. The van der Waals surface area contributed by atoms with Gasteiger partial charge in [-0.25, -0.2) is 0 Å². The van der Waals surface area contributed by atoms with Crippen LogP contribution in [0.5, 0.6) is 0 Å². The Labute approximate surface area is 123 Å². The second kappa shape index (κ2) is 6.25. The van der Waals surface area contributed by atoms with Gasteiger partial charge in [0.25, 0.3) is 0 Å². The second-order valence-electron chi connectivity index (χ2n) is 5.67. The fourth-order valence-electron chi connectivity index (χ4n) is 2.85. The van der Waals surface area contributed by atoms with Crippen molar-refractivity contribution in [2.75, 3.05) is 12.8 Å². The lowest BCUT2D eigenvalue weighted by Crippen LogP contribution is -2.36. The van der Waals surface area contributed by atoms with Crippen molar-refractivity contribution >= 4 is 21.6 Å². The van der Waals surface area contributed by atoms with Crippen LogP contribution in [-0.2, 0) is 6.54 Å². The van der Waals surface area contributed by atoms with Gasteiger partial charge in [0.2, 0.25) is 0 Å². The van der Waals surface area contributed by atoms with Gasteiger partial charge in [-0.2, -0.15) is 0 Å². The van der Waals surface area contributed by atoms with Gasteiger partial charge in [0.15, 0.2) is 0 Å². The van der Waals surface area contributed by atoms with Crippen LogP contribution in [0.15, 0.2) is 16.6 Å². The first-order valence-electron chi connectivity index (χ1n) is 6.90. The van der Waals surface area contributed by atoms with E-state index in [1.807, 2.05) is 6.92 Å². The summed E-state index contributed by atoms with van der Waals surface area (Å²) in [6.45, 7) is 2.91. The lowest BCUT2D eigenvalue weighted by atomic mass is 9.92. The molecule has 19 heavy (non-hydrogen) atoms. The number of aryl methyl sites for hydroxylation is 1. The van der Waals surface area contributed by atoms with Crippen molar-refractivity contribution in [3.8, 4) is 0 Å². The van der Waals surface area contributed by atoms with E-state index in [9.17, 15) is 5.11 Å². The lowest BCUT2D eigenvalue weighted by molar-refractivity contribution is 0.0818. The first kappa shape index (κ1) is 14.8. The Morgan fingerprint density at radius 1 is 1.32 bits per heavy atom. The van der Waals surface area contributed by atoms with Gasteiger partial charge in [-0.3, -0.25) is 4.90 Å². The third-order valence-corrected chi connectivity index (χ3v) is 4.60. The van der Waals surface area contributed by atoms with Gasteiger partial charge in [-0.05, 0) is 62.9 Å². The van der Waals surface area contributed by atoms with Crippen molar-refractivity contribution in [3.63, 3.8) is 0 Å². The highest BCUT2D eigenvalue weighted by Crippen LogP contribution is 2.27. The van der Waals surface area contributed by atoms with Gasteiger partial charge < -0.3 is 10.8 Å². The maximum Gasteiger partial charge on any atom is 0.0541 e. The summed E-state index contributed by atoms with van der Waals surface area (Å²) in [6.07, 6.45) is 3.89. The minimum atomic E-state index is -0.0946. The third-order valence-electron chi connectivity index (χ3n) is 4.15. The number of nitrogens with two attached hydrogens (primary N) is 1. The number of nitrogen functional groups attached to an aromatic ring is 1. The van der Waals surface area contributed by atoms with Crippen molar-refractivity contribution in [1.82, 2.24) is 4.90 Å². The molecule has 0 heterocycles. The van der Waals surface area contributed by atoms with Crippen LogP contribution in [-0.4, -0.2) is 29.2 Å². The third kappa shape index (κ3) is 3.71. The van der Waals surface area contributed by atoms with Gasteiger partial charge in [-0.1, -0.05) is 15.9 Å². The van der Waals surface area contributed by atoms with Crippen LogP contribution in [0, 0.1) is 6.92 Å². The highest BCUT2D eigenvalue weighted by atomic mass is 79.9. The van der Waals surface area contributed by atoms with E-state index in [-0.39, 0.29) is 6.10 Å². The van der Waals surface area contributed by atoms with Crippen LogP contribution in [0.4, 0.5) is 5.69 Å². The first-order chi connectivity index (χ1) is 8.97. The topological polar surface area (TPSA) is 49.5 Å². The standard InChI is InChI=1S/C15H23BrN2O/c1-10-7-12(16)8-11(15(10)17)9-18(2)13-3-5-14(19)6-4-13/h7-8,13-14,19H,3-6,9,17H2,1-2H3/t13-,14-. The number of aliphatic hydroxyl groups excluding tert-OH is 1. The number of nitrogens with zero attached hydrogens (tertiary/aromatic N) is 1. The number of rotatable bonds is 3. The molecule has 106 valence electrons. The summed E-state index contributed by atoms with van der Waals surface area (Å²) in [5, 5.41) is 9.57. The van der Waals surface area contributed by atoms with Crippen molar-refractivity contribution in [2.45, 2.75) is 51.3 Å². The minimum absolute atomic E-state index is 0.0946. The Morgan fingerprint density at radius 3 is 2.58 bits per heavy atom. The second-order valence-corrected chi connectivity index (χ2v) is 6.59. The fraction of sp³-hybridized carbons (Fsp3) is 0.600. The molecule has 1 aromatic carbocycles. The van der Waals surface area contributed by atoms with Gasteiger partial charge >= 0.3 is 0 Å². The monoisotopic (exact) mass is 326 g/mol. The maximum absolute atomic E-state index is 9.57. The number of benzene rings is 1. The summed E-state index contributed by atoms with van der Waals surface area (Å²) in [5.41, 5.74) is 9.36. The van der Waals surface area contributed by atoms with Gasteiger partial charge in [0.1, 0.15) is 0 Å².